The van der Waals surface area contributed by atoms with E-state index >= 15 is 0 Å². The number of hydrogen-bond acceptors (Lipinski definition) is 4. The Kier molecular flexibility index (Phi) is 5.00. The van der Waals surface area contributed by atoms with Crippen molar-refractivity contribution in [1.29, 1.82) is 0 Å². The third-order valence-electron chi connectivity index (χ3n) is 3.64. The number of sulfonamides is 1. The quantitative estimate of drug-likeness (QED) is 0.865. The smallest absolute Gasteiger partial charge is 0.262 e. The van der Waals surface area contributed by atoms with Gasteiger partial charge in [0, 0.05) is 38.4 Å². The van der Waals surface area contributed by atoms with Crippen LogP contribution in [0.25, 0.3) is 0 Å². The molecule has 0 spiro atoms. The van der Waals surface area contributed by atoms with Crippen LogP contribution in [0.15, 0.2) is 11.2 Å². The second-order valence-corrected chi connectivity index (χ2v) is 6.67. The summed E-state index contributed by atoms with van der Waals surface area (Å²) in [5, 5.41) is 3.41. The Balaban J connectivity index is 0.00000180. The van der Waals surface area contributed by atoms with Crippen molar-refractivity contribution in [3.05, 3.63) is 12.0 Å². The van der Waals surface area contributed by atoms with Gasteiger partial charge in [-0.25, -0.2) is 13.4 Å². The van der Waals surface area contributed by atoms with E-state index < -0.39 is 10.0 Å². The van der Waals surface area contributed by atoms with Crippen molar-refractivity contribution in [2.75, 3.05) is 13.1 Å². The van der Waals surface area contributed by atoms with Crippen LogP contribution in [-0.2, 0) is 17.1 Å². The highest BCUT2D eigenvalue weighted by Gasteiger charge is 2.35. The lowest BCUT2D eigenvalue weighted by Gasteiger charge is -2.36. The van der Waals surface area contributed by atoms with E-state index in [0.717, 1.165) is 0 Å². The highest BCUT2D eigenvalue weighted by molar-refractivity contribution is 7.89. The molecule has 19 heavy (non-hydrogen) atoms. The molecule has 1 aromatic heterocycles. The maximum atomic E-state index is 12.5. The Morgan fingerprint density at radius 3 is 2.58 bits per heavy atom. The van der Waals surface area contributed by atoms with E-state index in [-0.39, 0.29) is 29.5 Å². The monoisotopic (exact) mass is 308 g/mol. The maximum Gasteiger partial charge on any atom is 0.262 e. The zero-order chi connectivity index (χ0) is 13.5. The third kappa shape index (κ3) is 2.94. The van der Waals surface area contributed by atoms with Crippen LogP contribution in [-0.4, -0.2) is 47.4 Å². The highest BCUT2D eigenvalue weighted by atomic mass is 35.5. The van der Waals surface area contributed by atoms with Gasteiger partial charge in [0.25, 0.3) is 10.0 Å². The molecule has 1 aliphatic rings. The summed E-state index contributed by atoms with van der Waals surface area (Å²) < 4.78 is 28.3. The van der Waals surface area contributed by atoms with E-state index in [2.05, 4.69) is 10.3 Å². The van der Waals surface area contributed by atoms with E-state index in [0.29, 0.717) is 18.9 Å². The van der Waals surface area contributed by atoms with Gasteiger partial charge in [-0.2, -0.15) is 4.31 Å². The molecule has 0 bridgehead atoms. The first-order chi connectivity index (χ1) is 8.34. The van der Waals surface area contributed by atoms with Gasteiger partial charge in [0.05, 0.1) is 0 Å². The molecular formula is C11H21ClN4O2S. The van der Waals surface area contributed by atoms with Crippen LogP contribution in [0.1, 0.15) is 19.7 Å². The average molecular weight is 309 g/mol. The molecular weight excluding hydrogens is 288 g/mol. The number of aromatic nitrogens is 2. The molecule has 1 saturated heterocycles. The largest absolute Gasteiger partial charge is 0.337 e. The molecule has 1 aliphatic heterocycles. The molecule has 6 nitrogen and oxygen atoms in total. The topological polar surface area (TPSA) is 67.2 Å². The molecule has 110 valence electrons. The van der Waals surface area contributed by atoms with Crippen LogP contribution >= 0.6 is 12.4 Å². The zero-order valence-electron chi connectivity index (χ0n) is 11.6. The van der Waals surface area contributed by atoms with Crippen molar-refractivity contribution in [1.82, 2.24) is 19.2 Å². The Morgan fingerprint density at radius 2 is 2.05 bits per heavy atom. The van der Waals surface area contributed by atoms with E-state index in [9.17, 15) is 8.42 Å². The van der Waals surface area contributed by atoms with Crippen LogP contribution < -0.4 is 5.32 Å². The fraction of sp³-hybridized carbons (Fsp3) is 0.727. The summed E-state index contributed by atoms with van der Waals surface area (Å²) in [7, 11) is -1.69. The first-order valence-electron chi connectivity index (χ1n) is 6.09. The maximum absolute atomic E-state index is 12.5. The van der Waals surface area contributed by atoms with Crippen molar-refractivity contribution in [3.63, 3.8) is 0 Å². The highest BCUT2D eigenvalue weighted by Crippen LogP contribution is 2.20. The minimum Gasteiger partial charge on any atom is -0.337 e. The van der Waals surface area contributed by atoms with Gasteiger partial charge in [0.15, 0.2) is 5.03 Å². The number of halogens is 1. The lowest BCUT2D eigenvalue weighted by molar-refractivity contribution is 0.232. The standard InChI is InChI=1S/C11H20N4O2S.ClH/c1-8-9(2)15(6-5-12-8)18(16,17)11-7-14(4)10(3)13-11;/h7-9,12H,5-6H2,1-4H3;1H. The molecule has 0 saturated carbocycles. The number of nitrogens with one attached hydrogen (secondary N) is 1. The number of aryl methyl sites for hydroxylation is 2. The van der Waals surface area contributed by atoms with Crippen molar-refractivity contribution < 1.29 is 8.42 Å². The predicted octanol–water partition coefficient (Wildman–Crippen LogP) is 0.521. The van der Waals surface area contributed by atoms with Crippen LogP contribution in [0.3, 0.4) is 0 Å². The fourth-order valence-corrected chi connectivity index (χ4v) is 3.87. The van der Waals surface area contributed by atoms with Gasteiger partial charge in [0.2, 0.25) is 0 Å². The second-order valence-electron chi connectivity index (χ2n) is 4.84. The van der Waals surface area contributed by atoms with Crippen molar-refractivity contribution >= 4 is 22.4 Å². The molecule has 1 N–H and O–H groups in total. The average Bonchev–Trinajstić information content (AvgIpc) is 2.63. The first-order valence-corrected chi connectivity index (χ1v) is 7.53. The van der Waals surface area contributed by atoms with Crippen LogP contribution in [0.2, 0.25) is 0 Å². The van der Waals surface area contributed by atoms with Crippen LogP contribution in [0, 0.1) is 6.92 Å². The molecule has 0 radical (unpaired) electrons. The van der Waals surface area contributed by atoms with Gasteiger partial charge in [-0.3, -0.25) is 0 Å². The third-order valence-corrected chi connectivity index (χ3v) is 5.49. The summed E-state index contributed by atoms with van der Waals surface area (Å²) in [6, 6.07) is 0.0874. The van der Waals surface area contributed by atoms with Crippen molar-refractivity contribution in [2.24, 2.45) is 7.05 Å². The van der Waals surface area contributed by atoms with E-state index in [1.54, 1.807) is 24.7 Å². The minimum atomic E-state index is -3.48. The molecule has 0 aliphatic carbocycles. The van der Waals surface area contributed by atoms with Gasteiger partial charge in [-0.15, -0.1) is 12.4 Å². The normalized spacial score (nSPS) is 25.1. The van der Waals surface area contributed by atoms with Gasteiger partial charge >= 0.3 is 0 Å². The summed E-state index contributed by atoms with van der Waals surface area (Å²) in [6.07, 6.45) is 1.57. The van der Waals surface area contributed by atoms with Crippen molar-refractivity contribution in [2.45, 2.75) is 37.9 Å². The van der Waals surface area contributed by atoms with Crippen LogP contribution in [0.5, 0.6) is 0 Å². The molecule has 8 heteroatoms. The van der Waals surface area contributed by atoms with Gasteiger partial charge in [-0.1, -0.05) is 0 Å². The number of nitrogens with zero attached hydrogens (tertiary/aromatic N) is 3. The molecule has 2 heterocycles. The number of piperazine rings is 1. The van der Waals surface area contributed by atoms with E-state index in [1.165, 1.54) is 4.31 Å². The van der Waals surface area contributed by atoms with Gasteiger partial charge < -0.3 is 9.88 Å². The summed E-state index contributed by atoms with van der Waals surface area (Å²) in [5.74, 6) is 0.699. The second kappa shape index (κ2) is 5.78. The molecule has 2 rings (SSSR count). The van der Waals surface area contributed by atoms with Gasteiger partial charge in [-0.05, 0) is 20.8 Å². The summed E-state index contributed by atoms with van der Waals surface area (Å²) >= 11 is 0. The lowest BCUT2D eigenvalue weighted by Crippen LogP contribution is -2.57. The number of hydrogen-bond donors (Lipinski definition) is 1. The Labute approximate surface area is 120 Å². The van der Waals surface area contributed by atoms with Crippen molar-refractivity contribution in [3.8, 4) is 0 Å². The molecule has 1 fully saturated rings. The summed E-state index contributed by atoms with van der Waals surface area (Å²) in [6.45, 7) is 6.88. The predicted molar refractivity (Wildman–Crippen MR) is 76.0 cm³/mol. The Hall–Kier alpha value is -0.630. The summed E-state index contributed by atoms with van der Waals surface area (Å²) in [4.78, 5) is 4.13. The fourth-order valence-electron chi connectivity index (χ4n) is 2.14. The molecule has 0 aromatic carbocycles. The summed E-state index contributed by atoms with van der Waals surface area (Å²) in [5.41, 5.74) is 0. The Bertz CT molecular complexity index is 523. The minimum absolute atomic E-state index is 0. The number of rotatable bonds is 2. The number of imidazole rings is 1. The molecule has 1 aromatic rings. The lowest BCUT2D eigenvalue weighted by atomic mass is 10.1. The zero-order valence-corrected chi connectivity index (χ0v) is 13.3. The molecule has 2 atom stereocenters. The first kappa shape index (κ1) is 16.4. The van der Waals surface area contributed by atoms with E-state index in [1.807, 2.05) is 13.8 Å². The SMILES string of the molecule is Cc1nc(S(=O)(=O)N2CCNC(C)C2C)cn1C.Cl. The van der Waals surface area contributed by atoms with Gasteiger partial charge in [0.1, 0.15) is 5.82 Å². The van der Waals surface area contributed by atoms with Crippen LogP contribution in [0.4, 0.5) is 0 Å². The molecule has 0 amide bonds. The Morgan fingerprint density at radius 1 is 1.42 bits per heavy atom. The van der Waals surface area contributed by atoms with E-state index in [4.69, 9.17) is 0 Å². The molecule has 2 unspecified atom stereocenters.